The molecule has 0 aromatic carbocycles. The second-order valence-corrected chi connectivity index (χ2v) is 7.45. The summed E-state index contributed by atoms with van der Waals surface area (Å²) in [6, 6.07) is 0.324. The van der Waals surface area contributed by atoms with Crippen molar-refractivity contribution in [2.45, 2.75) is 64.3 Å². The highest BCUT2D eigenvalue weighted by Gasteiger charge is 2.53. The Morgan fingerprint density at radius 3 is 2.37 bits per heavy atom. The molecule has 4 nitrogen and oxygen atoms in total. The molecule has 2 fully saturated rings. The van der Waals surface area contributed by atoms with Gasteiger partial charge in [0.05, 0.1) is 17.8 Å². The SMILES string of the molecule is CC1CCN(CC2C(N)C(C)(C)OC2(C)C)C1CO. The average molecular weight is 270 g/mol. The van der Waals surface area contributed by atoms with Crippen molar-refractivity contribution in [2.24, 2.45) is 17.6 Å². The Labute approximate surface area is 117 Å². The third-order valence-electron chi connectivity index (χ3n) is 5.27. The first-order valence-electron chi connectivity index (χ1n) is 7.49. The van der Waals surface area contributed by atoms with E-state index in [1.165, 1.54) is 0 Å². The van der Waals surface area contributed by atoms with Crippen LogP contribution in [0.5, 0.6) is 0 Å². The maximum absolute atomic E-state index is 9.58. The van der Waals surface area contributed by atoms with Crippen molar-refractivity contribution in [3.05, 3.63) is 0 Å². The van der Waals surface area contributed by atoms with E-state index in [2.05, 4.69) is 39.5 Å². The van der Waals surface area contributed by atoms with E-state index in [1.54, 1.807) is 0 Å². The zero-order chi connectivity index (χ0) is 14.4. The second kappa shape index (κ2) is 4.99. The first-order valence-corrected chi connectivity index (χ1v) is 7.49. The van der Waals surface area contributed by atoms with Crippen molar-refractivity contribution in [3.63, 3.8) is 0 Å². The lowest BCUT2D eigenvalue weighted by Crippen LogP contribution is -2.49. The molecule has 0 spiro atoms. The topological polar surface area (TPSA) is 58.7 Å². The Bertz CT molecular complexity index is 330. The molecular formula is C15H30N2O2. The lowest BCUT2D eigenvalue weighted by Gasteiger charge is -2.34. The van der Waals surface area contributed by atoms with Crippen LogP contribution in [0.25, 0.3) is 0 Å². The van der Waals surface area contributed by atoms with Crippen molar-refractivity contribution >= 4 is 0 Å². The number of likely N-dealkylation sites (tertiary alicyclic amines) is 1. The third kappa shape index (κ3) is 2.68. The fourth-order valence-corrected chi connectivity index (χ4v) is 3.93. The highest BCUT2D eigenvalue weighted by atomic mass is 16.5. The van der Waals surface area contributed by atoms with Gasteiger partial charge < -0.3 is 15.6 Å². The lowest BCUT2D eigenvalue weighted by molar-refractivity contribution is -0.0791. The zero-order valence-electron chi connectivity index (χ0n) is 13.0. The van der Waals surface area contributed by atoms with E-state index < -0.39 is 0 Å². The van der Waals surface area contributed by atoms with Crippen LogP contribution >= 0.6 is 0 Å². The van der Waals surface area contributed by atoms with Gasteiger partial charge in [-0.2, -0.15) is 0 Å². The van der Waals surface area contributed by atoms with Crippen LogP contribution in [0, 0.1) is 11.8 Å². The summed E-state index contributed by atoms with van der Waals surface area (Å²) >= 11 is 0. The normalized spacial score (nSPS) is 41.8. The van der Waals surface area contributed by atoms with Gasteiger partial charge in [-0.25, -0.2) is 0 Å². The predicted molar refractivity (Wildman–Crippen MR) is 76.9 cm³/mol. The molecule has 4 heteroatoms. The monoisotopic (exact) mass is 270 g/mol. The maximum atomic E-state index is 9.58. The Kier molecular flexibility index (Phi) is 4.00. The van der Waals surface area contributed by atoms with Crippen molar-refractivity contribution in [1.82, 2.24) is 4.90 Å². The molecule has 0 saturated carbocycles. The predicted octanol–water partition coefficient (Wildman–Crippen LogP) is 1.22. The van der Waals surface area contributed by atoms with Crippen LogP contribution in [0.15, 0.2) is 0 Å². The van der Waals surface area contributed by atoms with Crippen LogP contribution in [0.3, 0.4) is 0 Å². The number of nitrogens with zero attached hydrogens (tertiary/aromatic N) is 1. The summed E-state index contributed by atoms with van der Waals surface area (Å²) in [5, 5.41) is 9.58. The first kappa shape index (κ1) is 15.2. The van der Waals surface area contributed by atoms with Crippen molar-refractivity contribution < 1.29 is 9.84 Å². The largest absolute Gasteiger partial charge is 0.395 e. The average Bonchev–Trinajstić information content (AvgIpc) is 2.70. The van der Waals surface area contributed by atoms with Crippen molar-refractivity contribution in [1.29, 1.82) is 0 Å². The zero-order valence-corrected chi connectivity index (χ0v) is 13.0. The van der Waals surface area contributed by atoms with Crippen LogP contribution in [-0.4, -0.2) is 53.0 Å². The molecule has 0 aromatic rings. The number of aliphatic hydroxyl groups is 1. The summed E-state index contributed by atoms with van der Waals surface area (Å²) in [6.07, 6.45) is 1.16. The highest BCUT2D eigenvalue weighted by molar-refractivity contribution is 5.05. The van der Waals surface area contributed by atoms with Gasteiger partial charge in [-0.3, -0.25) is 4.90 Å². The number of rotatable bonds is 3. The van der Waals surface area contributed by atoms with Crippen LogP contribution < -0.4 is 5.73 Å². The smallest absolute Gasteiger partial charge is 0.0788 e. The Balaban J connectivity index is 2.10. The van der Waals surface area contributed by atoms with Gasteiger partial charge in [-0.15, -0.1) is 0 Å². The molecule has 2 saturated heterocycles. The van der Waals surface area contributed by atoms with Gasteiger partial charge in [0.1, 0.15) is 0 Å². The van der Waals surface area contributed by atoms with E-state index >= 15 is 0 Å². The number of aliphatic hydroxyl groups excluding tert-OH is 1. The highest BCUT2D eigenvalue weighted by Crippen LogP contribution is 2.42. The van der Waals surface area contributed by atoms with Gasteiger partial charge in [0.15, 0.2) is 0 Å². The number of hydrogen-bond donors (Lipinski definition) is 2. The molecule has 0 aromatic heterocycles. The number of hydrogen-bond acceptors (Lipinski definition) is 4. The standard InChI is InChI=1S/C15H30N2O2/c1-10-6-7-17(12(10)9-18)8-11-13(16)15(4,5)19-14(11,2)3/h10-13,18H,6-9,16H2,1-5H3. The minimum atomic E-state index is -0.270. The van der Waals surface area contributed by atoms with Crippen LogP contribution in [0.2, 0.25) is 0 Å². The summed E-state index contributed by atoms with van der Waals surface area (Å²) in [4.78, 5) is 2.40. The van der Waals surface area contributed by atoms with Gasteiger partial charge in [0.25, 0.3) is 0 Å². The Morgan fingerprint density at radius 2 is 1.89 bits per heavy atom. The second-order valence-electron chi connectivity index (χ2n) is 7.45. The minimum Gasteiger partial charge on any atom is -0.395 e. The fourth-order valence-electron chi connectivity index (χ4n) is 3.93. The molecule has 4 unspecified atom stereocenters. The van der Waals surface area contributed by atoms with E-state index in [-0.39, 0.29) is 29.9 Å². The summed E-state index contributed by atoms with van der Waals surface area (Å²) in [7, 11) is 0. The molecule has 0 aliphatic carbocycles. The van der Waals surface area contributed by atoms with E-state index in [4.69, 9.17) is 10.5 Å². The van der Waals surface area contributed by atoms with Crippen molar-refractivity contribution in [2.75, 3.05) is 19.7 Å². The third-order valence-corrected chi connectivity index (χ3v) is 5.27. The molecule has 2 rings (SSSR count). The van der Waals surface area contributed by atoms with Gasteiger partial charge in [-0.1, -0.05) is 6.92 Å². The first-order chi connectivity index (χ1) is 8.69. The molecule has 2 aliphatic rings. The number of nitrogens with two attached hydrogens (primary N) is 1. The van der Waals surface area contributed by atoms with Crippen LogP contribution in [0.4, 0.5) is 0 Å². The van der Waals surface area contributed by atoms with Crippen LogP contribution in [0.1, 0.15) is 41.0 Å². The minimum absolute atomic E-state index is 0.0396. The van der Waals surface area contributed by atoms with Gasteiger partial charge >= 0.3 is 0 Å². The maximum Gasteiger partial charge on any atom is 0.0788 e. The van der Waals surface area contributed by atoms with Gasteiger partial charge in [0, 0.05) is 24.5 Å². The molecule has 2 heterocycles. The molecular weight excluding hydrogens is 240 g/mol. The molecule has 2 aliphatic heterocycles. The molecule has 3 N–H and O–H groups in total. The molecule has 112 valence electrons. The summed E-state index contributed by atoms with van der Waals surface area (Å²) in [5.74, 6) is 0.876. The number of ether oxygens (including phenoxy) is 1. The Morgan fingerprint density at radius 1 is 1.26 bits per heavy atom. The fraction of sp³-hybridized carbons (Fsp3) is 1.00. The van der Waals surface area contributed by atoms with E-state index in [9.17, 15) is 5.11 Å². The summed E-state index contributed by atoms with van der Waals surface area (Å²) in [5.41, 5.74) is 5.95. The van der Waals surface area contributed by atoms with E-state index in [0.717, 1.165) is 19.5 Å². The summed E-state index contributed by atoms with van der Waals surface area (Å²) < 4.78 is 6.15. The van der Waals surface area contributed by atoms with Gasteiger partial charge in [0.2, 0.25) is 0 Å². The van der Waals surface area contributed by atoms with Crippen molar-refractivity contribution in [3.8, 4) is 0 Å². The summed E-state index contributed by atoms with van der Waals surface area (Å²) in [6.45, 7) is 12.9. The lowest BCUT2D eigenvalue weighted by atomic mass is 9.82. The molecule has 0 amide bonds. The molecule has 0 radical (unpaired) electrons. The van der Waals surface area contributed by atoms with E-state index in [0.29, 0.717) is 11.8 Å². The van der Waals surface area contributed by atoms with Crippen LogP contribution in [-0.2, 0) is 4.74 Å². The molecule has 19 heavy (non-hydrogen) atoms. The Hall–Kier alpha value is -0.160. The van der Waals surface area contributed by atoms with Gasteiger partial charge in [-0.05, 0) is 46.6 Å². The molecule has 0 bridgehead atoms. The quantitative estimate of drug-likeness (QED) is 0.809. The molecule has 4 atom stereocenters. The van der Waals surface area contributed by atoms with E-state index in [1.807, 2.05) is 0 Å².